The Bertz CT molecular complexity index is 397. The van der Waals surface area contributed by atoms with Crippen LogP contribution in [0.5, 0.6) is 0 Å². The molecule has 0 aromatic carbocycles. The lowest BCUT2D eigenvalue weighted by Gasteiger charge is -2.37. The quantitative estimate of drug-likeness (QED) is 0.782. The van der Waals surface area contributed by atoms with Gasteiger partial charge < -0.3 is 0 Å². The Morgan fingerprint density at radius 1 is 1.00 bits per heavy atom. The Hall–Kier alpha value is -0.580. The molecule has 0 spiro atoms. The highest BCUT2D eigenvalue weighted by Gasteiger charge is 2.78. The molecule has 0 aromatic rings. The number of hydrogen-bond acceptors (Lipinski definition) is 2. The largest absolute Gasteiger partial charge is 0.390 e. The van der Waals surface area contributed by atoms with Crippen molar-refractivity contribution in [2.24, 2.45) is 0 Å². The van der Waals surface area contributed by atoms with Gasteiger partial charge in [0.15, 0.2) is 0 Å². The predicted molar refractivity (Wildman–Crippen MR) is 43.5 cm³/mol. The maximum atomic E-state index is 13.2. The fourth-order valence-corrected chi connectivity index (χ4v) is 1.50. The minimum Gasteiger partial charge on any atom is -0.296 e. The summed E-state index contributed by atoms with van der Waals surface area (Å²) in [6, 6.07) is 0. The van der Waals surface area contributed by atoms with Crippen molar-refractivity contribution in [3.05, 3.63) is 0 Å². The minimum atomic E-state index is -6.13. The molecule has 0 aromatic heterocycles. The molecule has 0 saturated heterocycles. The van der Waals surface area contributed by atoms with E-state index in [0.29, 0.717) is 0 Å². The third-order valence-corrected chi connectivity index (χ3v) is 3.11. The van der Waals surface area contributed by atoms with E-state index in [9.17, 15) is 34.9 Å². The van der Waals surface area contributed by atoms with Crippen LogP contribution in [0.1, 0.15) is 13.8 Å². The molecule has 0 heterocycles. The lowest BCUT2D eigenvalue weighted by atomic mass is 9.95. The van der Waals surface area contributed by atoms with Crippen LogP contribution in [0.2, 0.25) is 0 Å². The highest BCUT2D eigenvalue weighted by Crippen LogP contribution is 2.52. The van der Waals surface area contributed by atoms with Gasteiger partial charge in [-0.15, -0.1) is 0 Å². The lowest BCUT2D eigenvalue weighted by molar-refractivity contribution is -0.293. The van der Waals surface area contributed by atoms with E-state index in [1.54, 1.807) is 0 Å². The molecule has 2 unspecified atom stereocenters. The highest BCUT2D eigenvalue weighted by atomic mass is 32.2. The first kappa shape index (κ1) is 16.4. The predicted octanol–water partition coefficient (Wildman–Crippen LogP) is 3.12. The molecule has 0 rings (SSSR count). The first-order valence-electron chi connectivity index (χ1n) is 3.83. The summed E-state index contributed by atoms with van der Waals surface area (Å²) in [7, 11) is -6.13. The molecule has 0 radical (unpaired) electrons. The van der Waals surface area contributed by atoms with Gasteiger partial charge in [0.1, 0.15) is 0 Å². The average Bonchev–Trinajstić information content (AvgIpc) is 1.98. The summed E-state index contributed by atoms with van der Waals surface area (Å²) in [5, 5.41) is -5.87. The molecule has 0 fully saturated rings. The van der Waals surface area contributed by atoms with Gasteiger partial charge >= 0.3 is 17.1 Å². The van der Waals surface area contributed by atoms with Gasteiger partial charge in [0, 0.05) is 6.92 Å². The first-order chi connectivity index (χ1) is 7.00. The SMILES string of the molecule is CC(F)(F)C(F)(F)C(C)(F)C(F)(F)S(=N)(=O)O. The normalized spacial score (nSPS) is 21.8. The van der Waals surface area contributed by atoms with Gasteiger partial charge in [0.25, 0.3) is 5.67 Å². The van der Waals surface area contributed by atoms with Crippen molar-refractivity contribution in [1.29, 1.82) is 4.78 Å². The van der Waals surface area contributed by atoms with Gasteiger partial charge in [-0.05, 0) is 6.92 Å². The van der Waals surface area contributed by atoms with Crippen LogP contribution in [0.3, 0.4) is 0 Å². The maximum Gasteiger partial charge on any atom is 0.390 e. The fraction of sp³-hybridized carbons (Fsp3) is 1.00. The summed E-state index contributed by atoms with van der Waals surface area (Å²) in [5.74, 6) is -11.1. The Morgan fingerprint density at radius 3 is 1.47 bits per heavy atom. The second-order valence-electron chi connectivity index (χ2n) is 3.51. The Labute approximate surface area is 91.8 Å². The topological polar surface area (TPSA) is 61.2 Å². The van der Waals surface area contributed by atoms with Gasteiger partial charge in [-0.1, -0.05) is 0 Å². The van der Waals surface area contributed by atoms with E-state index in [4.69, 9.17) is 9.33 Å². The molecular weight excluding hydrogens is 283 g/mol. The van der Waals surface area contributed by atoms with Gasteiger partial charge in [0.2, 0.25) is 10.0 Å². The van der Waals surface area contributed by atoms with Gasteiger partial charge in [0.05, 0.1) is 0 Å². The Morgan fingerprint density at radius 2 is 1.29 bits per heavy atom. The number of hydrogen-bond donors (Lipinski definition) is 2. The standard InChI is InChI=1S/C6H8F7NO2S/c1-3(7,5(10,11)4(2,8)9)6(12,13)17(14,15)16/h1-2H3,(H2,14,15,16). The van der Waals surface area contributed by atoms with Crippen LogP contribution in [0.25, 0.3) is 0 Å². The van der Waals surface area contributed by atoms with E-state index in [0.717, 1.165) is 0 Å². The molecule has 0 aliphatic heterocycles. The molecule has 0 aliphatic carbocycles. The molecule has 3 nitrogen and oxygen atoms in total. The zero-order valence-electron chi connectivity index (χ0n) is 8.41. The number of alkyl halides is 7. The average molecular weight is 291 g/mol. The maximum absolute atomic E-state index is 13.2. The Balaban J connectivity index is 5.91. The monoisotopic (exact) mass is 291 g/mol. The molecule has 0 amide bonds. The molecule has 11 heteroatoms. The molecule has 0 saturated carbocycles. The molecular formula is C6H8F7NO2S. The Kier molecular flexibility index (Phi) is 3.58. The van der Waals surface area contributed by atoms with E-state index in [1.165, 1.54) is 0 Å². The summed E-state index contributed by atoms with van der Waals surface area (Å²) in [5.41, 5.74) is -5.37. The van der Waals surface area contributed by atoms with E-state index in [1.807, 2.05) is 0 Å². The number of rotatable bonds is 4. The van der Waals surface area contributed by atoms with Crippen LogP contribution < -0.4 is 0 Å². The second-order valence-corrected chi connectivity index (χ2v) is 5.07. The van der Waals surface area contributed by atoms with E-state index >= 15 is 0 Å². The van der Waals surface area contributed by atoms with Crippen molar-refractivity contribution in [3.63, 3.8) is 0 Å². The van der Waals surface area contributed by atoms with Crippen LogP contribution in [-0.2, 0) is 10.0 Å². The highest BCUT2D eigenvalue weighted by molar-refractivity contribution is 7.88. The molecule has 17 heavy (non-hydrogen) atoms. The summed E-state index contributed by atoms with van der Waals surface area (Å²) >= 11 is 0. The van der Waals surface area contributed by atoms with Crippen LogP contribution in [0.4, 0.5) is 30.7 Å². The zero-order chi connectivity index (χ0) is 14.5. The summed E-state index contributed by atoms with van der Waals surface area (Å²) in [4.78, 5) is 0. The lowest BCUT2D eigenvalue weighted by Crippen LogP contribution is -2.64. The third kappa shape index (κ3) is 2.21. The van der Waals surface area contributed by atoms with E-state index in [2.05, 4.69) is 0 Å². The summed E-state index contributed by atoms with van der Waals surface area (Å²) < 4.78 is 114. The van der Waals surface area contributed by atoms with Crippen molar-refractivity contribution in [1.82, 2.24) is 0 Å². The van der Waals surface area contributed by atoms with Crippen LogP contribution in [0, 0.1) is 4.78 Å². The third-order valence-electron chi connectivity index (χ3n) is 2.04. The smallest absolute Gasteiger partial charge is 0.296 e. The van der Waals surface area contributed by atoms with E-state index < -0.39 is 46.6 Å². The van der Waals surface area contributed by atoms with Gasteiger partial charge in [-0.2, -0.15) is 17.6 Å². The van der Waals surface area contributed by atoms with Crippen molar-refractivity contribution in [3.8, 4) is 0 Å². The van der Waals surface area contributed by atoms with Crippen LogP contribution in [-0.4, -0.2) is 31.5 Å². The molecule has 0 bridgehead atoms. The van der Waals surface area contributed by atoms with Crippen molar-refractivity contribution < 1.29 is 39.5 Å². The molecule has 2 N–H and O–H groups in total. The van der Waals surface area contributed by atoms with Gasteiger partial charge in [-0.3, -0.25) is 4.55 Å². The minimum absolute atomic E-state index is 0.524. The summed E-state index contributed by atoms with van der Waals surface area (Å²) in [6.45, 7) is -1.18. The fourth-order valence-electron chi connectivity index (χ4n) is 0.855. The van der Waals surface area contributed by atoms with E-state index in [-0.39, 0.29) is 0 Å². The molecule has 2 atom stereocenters. The van der Waals surface area contributed by atoms with Crippen molar-refractivity contribution in [2.75, 3.05) is 0 Å². The first-order valence-corrected chi connectivity index (χ1v) is 5.35. The number of nitrogens with one attached hydrogen (secondary N) is 1. The van der Waals surface area contributed by atoms with Crippen molar-refractivity contribution in [2.45, 2.75) is 36.6 Å². The number of halogens is 7. The second kappa shape index (κ2) is 3.70. The molecule has 104 valence electrons. The van der Waals surface area contributed by atoms with Crippen molar-refractivity contribution >= 4 is 10.0 Å². The zero-order valence-corrected chi connectivity index (χ0v) is 9.23. The van der Waals surface area contributed by atoms with Crippen LogP contribution >= 0.6 is 0 Å². The summed E-state index contributed by atoms with van der Waals surface area (Å²) in [6.07, 6.45) is 0. The van der Waals surface area contributed by atoms with Gasteiger partial charge in [-0.25, -0.2) is 22.2 Å². The molecule has 0 aliphatic rings. The van der Waals surface area contributed by atoms with Crippen LogP contribution in [0.15, 0.2) is 0 Å².